The summed E-state index contributed by atoms with van der Waals surface area (Å²) < 4.78 is 38.2. The van der Waals surface area contributed by atoms with Crippen molar-refractivity contribution in [1.29, 1.82) is 5.26 Å². The Labute approximate surface area is 248 Å². The van der Waals surface area contributed by atoms with E-state index < -0.39 is 11.6 Å². The fourth-order valence-electron chi connectivity index (χ4n) is 6.55. The Bertz CT molecular complexity index is 1750. The fraction of sp³-hybridized carbons (Fsp3) is 0.406. The quantitative estimate of drug-likeness (QED) is 0.270. The molecule has 6 rings (SSSR count). The largest absolute Gasteiger partial charge is 0.474 e. The summed E-state index contributed by atoms with van der Waals surface area (Å²) in [6, 6.07) is 9.47. The van der Waals surface area contributed by atoms with Crippen molar-refractivity contribution in [3.8, 4) is 23.1 Å². The molecule has 0 bridgehead atoms. The molecule has 0 unspecified atom stereocenters. The molecule has 9 nitrogen and oxygen atoms in total. The predicted octanol–water partition coefficient (Wildman–Crippen LogP) is 5.34. The van der Waals surface area contributed by atoms with E-state index in [1.165, 1.54) is 18.2 Å². The Hall–Kier alpha value is -4.43. The highest BCUT2D eigenvalue weighted by atomic mass is 19.1. The van der Waals surface area contributed by atoms with Crippen LogP contribution < -0.4 is 4.74 Å². The summed E-state index contributed by atoms with van der Waals surface area (Å²) in [5.74, 6) is -0.946. The summed E-state index contributed by atoms with van der Waals surface area (Å²) in [7, 11) is 2.05. The molecule has 2 aromatic carbocycles. The van der Waals surface area contributed by atoms with Gasteiger partial charge in [-0.3, -0.25) is 4.79 Å². The van der Waals surface area contributed by atoms with Crippen LogP contribution in [0.5, 0.6) is 5.88 Å². The van der Waals surface area contributed by atoms with Crippen LogP contribution in [0, 0.1) is 29.9 Å². The van der Waals surface area contributed by atoms with Crippen LogP contribution in [-0.4, -0.2) is 74.5 Å². The van der Waals surface area contributed by atoms with Crippen LogP contribution in [-0.2, 0) is 4.79 Å². The van der Waals surface area contributed by atoms with Gasteiger partial charge in [0.2, 0.25) is 11.8 Å². The van der Waals surface area contributed by atoms with Crippen LogP contribution in [0.15, 0.2) is 43.0 Å². The van der Waals surface area contributed by atoms with Crippen molar-refractivity contribution >= 4 is 27.8 Å². The third-order valence-electron chi connectivity index (χ3n) is 8.84. The van der Waals surface area contributed by atoms with Crippen molar-refractivity contribution in [2.75, 3.05) is 26.7 Å². The summed E-state index contributed by atoms with van der Waals surface area (Å²) in [4.78, 5) is 21.1. The minimum absolute atomic E-state index is 0.114. The van der Waals surface area contributed by atoms with Gasteiger partial charge in [-0.25, -0.2) is 18.4 Å². The van der Waals surface area contributed by atoms with Crippen LogP contribution in [0.3, 0.4) is 0 Å². The first kappa shape index (κ1) is 28.7. The number of carbonyl (C=O) groups is 1. The third kappa shape index (κ3) is 5.20. The number of carbonyl (C=O) groups excluding carboxylic acids is 1. The number of pyridine rings is 1. The van der Waals surface area contributed by atoms with Crippen molar-refractivity contribution in [2.24, 2.45) is 0 Å². The smallest absolute Gasteiger partial charge is 0.246 e. The zero-order chi connectivity index (χ0) is 30.2. The van der Waals surface area contributed by atoms with Crippen molar-refractivity contribution < 1.29 is 18.3 Å². The summed E-state index contributed by atoms with van der Waals surface area (Å²) in [6.45, 7) is 7.20. The number of nitriles is 1. The van der Waals surface area contributed by atoms with Gasteiger partial charge >= 0.3 is 0 Å². The minimum atomic E-state index is -0.534. The number of piperidine rings is 1. The lowest BCUT2D eigenvalue weighted by atomic mass is 9.94. The lowest BCUT2D eigenvalue weighted by Gasteiger charge is -2.38. The van der Waals surface area contributed by atoms with Gasteiger partial charge in [-0.15, -0.1) is 5.10 Å². The van der Waals surface area contributed by atoms with Gasteiger partial charge in [-0.05, 0) is 81.6 Å². The van der Waals surface area contributed by atoms with Gasteiger partial charge in [0.1, 0.15) is 23.5 Å². The molecule has 4 aromatic rings. The van der Waals surface area contributed by atoms with E-state index in [9.17, 15) is 14.4 Å². The second-order valence-electron chi connectivity index (χ2n) is 11.5. The third-order valence-corrected chi connectivity index (χ3v) is 8.84. The molecule has 2 aliphatic heterocycles. The number of rotatable bonds is 7. The van der Waals surface area contributed by atoms with Gasteiger partial charge in [0.15, 0.2) is 11.3 Å². The Morgan fingerprint density at radius 2 is 1.98 bits per heavy atom. The molecule has 2 aromatic heterocycles. The number of fused-ring (bicyclic) bond motifs is 3. The van der Waals surface area contributed by atoms with E-state index in [-0.39, 0.29) is 41.9 Å². The average Bonchev–Trinajstić information content (AvgIpc) is 3.63. The first-order valence-corrected chi connectivity index (χ1v) is 14.6. The van der Waals surface area contributed by atoms with Crippen molar-refractivity contribution in [2.45, 2.75) is 57.2 Å². The van der Waals surface area contributed by atoms with E-state index in [1.54, 1.807) is 21.7 Å². The number of likely N-dealkylation sites (tertiary alicyclic amines) is 2. The number of aromatic nitrogens is 4. The van der Waals surface area contributed by atoms with E-state index in [4.69, 9.17) is 4.74 Å². The van der Waals surface area contributed by atoms with Crippen molar-refractivity contribution in [1.82, 2.24) is 29.8 Å². The molecule has 1 amide bonds. The highest BCUT2D eigenvalue weighted by Crippen LogP contribution is 2.39. The topological polar surface area (TPSA) is 100 Å². The van der Waals surface area contributed by atoms with Crippen LogP contribution >= 0.6 is 0 Å². The number of hydrogen-bond acceptors (Lipinski definition) is 7. The van der Waals surface area contributed by atoms with Crippen LogP contribution in [0.2, 0.25) is 0 Å². The van der Waals surface area contributed by atoms with Crippen LogP contribution in [0.25, 0.3) is 33.1 Å². The number of ether oxygens (including phenoxy) is 1. The molecule has 0 spiro atoms. The highest BCUT2D eigenvalue weighted by molar-refractivity contribution is 6.06. The van der Waals surface area contributed by atoms with Gasteiger partial charge in [-0.1, -0.05) is 23.9 Å². The molecular weight excluding hydrogens is 552 g/mol. The maximum absolute atomic E-state index is 16.5. The van der Waals surface area contributed by atoms with Crippen molar-refractivity contribution in [3.05, 3.63) is 60.2 Å². The number of benzene rings is 2. The van der Waals surface area contributed by atoms with Crippen LogP contribution in [0.1, 0.15) is 43.7 Å². The lowest BCUT2D eigenvalue weighted by Crippen LogP contribution is -2.45. The van der Waals surface area contributed by atoms with Gasteiger partial charge in [0.05, 0.1) is 18.5 Å². The Morgan fingerprint density at radius 3 is 2.67 bits per heavy atom. The fourth-order valence-corrected chi connectivity index (χ4v) is 6.55. The molecule has 0 aliphatic carbocycles. The molecule has 43 heavy (non-hydrogen) atoms. The molecule has 0 saturated carbocycles. The number of amides is 1. The molecule has 4 heterocycles. The normalized spacial score (nSPS) is 20.9. The molecule has 2 saturated heterocycles. The highest BCUT2D eigenvalue weighted by Gasteiger charge is 2.34. The second kappa shape index (κ2) is 11.7. The van der Waals surface area contributed by atoms with Crippen molar-refractivity contribution in [3.63, 3.8) is 0 Å². The van der Waals surface area contributed by atoms with Gasteiger partial charge < -0.3 is 14.5 Å². The monoisotopic (exact) mass is 585 g/mol. The van der Waals surface area contributed by atoms with E-state index in [0.717, 1.165) is 19.4 Å². The number of nitrogens with zero attached hydrogens (tertiary/aromatic N) is 7. The van der Waals surface area contributed by atoms with Gasteiger partial charge in [0.25, 0.3) is 0 Å². The van der Waals surface area contributed by atoms with E-state index in [2.05, 4.69) is 39.9 Å². The molecule has 0 radical (unpaired) electrons. The first-order chi connectivity index (χ1) is 20.8. The Balaban J connectivity index is 1.50. The van der Waals surface area contributed by atoms with E-state index in [0.29, 0.717) is 59.1 Å². The zero-order valence-corrected chi connectivity index (χ0v) is 24.3. The number of aryl methyl sites for hydroxylation is 1. The summed E-state index contributed by atoms with van der Waals surface area (Å²) in [5.41, 5.74) is 2.68. The summed E-state index contributed by atoms with van der Waals surface area (Å²) in [6.07, 6.45) is 4.56. The minimum Gasteiger partial charge on any atom is -0.474 e. The zero-order valence-electron chi connectivity index (χ0n) is 24.3. The lowest BCUT2D eigenvalue weighted by molar-refractivity contribution is -0.130. The van der Waals surface area contributed by atoms with E-state index >= 15 is 4.39 Å². The van der Waals surface area contributed by atoms with Gasteiger partial charge in [0, 0.05) is 29.6 Å². The number of likely N-dealkylation sites (N-methyl/N-ethyl adjacent to an activating group) is 1. The Morgan fingerprint density at radius 1 is 1.19 bits per heavy atom. The SMILES string of the molecule is C=CC(=O)N1CC[C@H](n2nnc3c(OC[C@@H]4CCCN4C)nc4c(F)c(-c5ccc(F)cc5)c(C)cc4c32)C[C@H]1CC#N. The second-order valence-corrected chi connectivity index (χ2v) is 11.5. The average molecular weight is 586 g/mol. The maximum Gasteiger partial charge on any atom is 0.246 e. The molecule has 3 atom stereocenters. The first-order valence-electron chi connectivity index (χ1n) is 14.6. The summed E-state index contributed by atoms with van der Waals surface area (Å²) >= 11 is 0. The number of hydrogen-bond donors (Lipinski definition) is 0. The van der Waals surface area contributed by atoms with Gasteiger partial charge in [-0.2, -0.15) is 5.26 Å². The number of halogens is 2. The maximum atomic E-state index is 16.5. The molecule has 0 N–H and O–H groups in total. The molecule has 222 valence electrons. The Kier molecular flexibility index (Phi) is 7.79. The van der Waals surface area contributed by atoms with Crippen LogP contribution in [0.4, 0.5) is 8.78 Å². The standard InChI is InChI=1S/C32H33F2N7O2/c1-4-26(42)40-15-12-23(17-22(40)11-13-35)41-31-25-16-19(2)27(20-7-9-21(33)10-8-20)28(34)29(25)36-32(30(31)37-38-41)43-18-24-6-5-14-39(24)3/h4,7-10,16,22-24H,1,5-6,11-12,14-15,17-18H2,2-3H3/t22-,23+,24+/m1/s1. The summed E-state index contributed by atoms with van der Waals surface area (Å²) in [5, 5.41) is 19.0. The van der Waals surface area contributed by atoms with E-state index in [1.807, 2.05) is 13.0 Å². The molecule has 2 fully saturated rings. The molecular formula is C32H33F2N7O2. The predicted molar refractivity (Wildman–Crippen MR) is 158 cm³/mol. The molecule has 11 heteroatoms. The molecule has 2 aliphatic rings.